The SMILES string of the molecule is Cc1cc(C)c2c(c1)CCCCCCC[C@H](n1cc(CCN(C)C)c(C(F)(F)F)cc1=O)C(=O)N[C@@H](CC(=O)O)c1cc-2cc(C)c1F. The van der Waals surface area contributed by atoms with Crippen LogP contribution in [0.2, 0.25) is 0 Å². The molecule has 11 heteroatoms. The molecule has 3 aromatic rings. The van der Waals surface area contributed by atoms with Crippen molar-refractivity contribution in [3.05, 3.63) is 91.6 Å². The monoisotopic (exact) mass is 671 g/mol. The van der Waals surface area contributed by atoms with Crippen molar-refractivity contribution in [2.24, 2.45) is 0 Å². The molecule has 0 saturated heterocycles. The van der Waals surface area contributed by atoms with E-state index in [1.165, 1.54) is 0 Å². The van der Waals surface area contributed by atoms with Gasteiger partial charge in [-0.1, -0.05) is 43.4 Å². The Hall–Kier alpha value is -3.99. The van der Waals surface area contributed by atoms with Crippen LogP contribution in [0.1, 0.15) is 96.0 Å². The Morgan fingerprint density at radius 2 is 1.67 bits per heavy atom. The van der Waals surface area contributed by atoms with Crippen molar-refractivity contribution in [3.8, 4) is 11.1 Å². The van der Waals surface area contributed by atoms with Gasteiger partial charge in [-0.3, -0.25) is 14.4 Å². The van der Waals surface area contributed by atoms with Crippen molar-refractivity contribution in [2.75, 3.05) is 20.6 Å². The number of fused-ring (bicyclic) bond motifs is 4. The zero-order chi connectivity index (χ0) is 35.3. The van der Waals surface area contributed by atoms with E-state index in [2.05, 4.69) is 11.4 Å². The number of carbonyl (C=O) groups excluding carboxylic acids is 1. The van der Waals surface area contributed by atoms with Crippen LogP contribution in [0, 0.1) is 26.6 Å². The van der Waals surface area contributed by atoms with Crippen LogP contribution in [0.4, 0.5) is 17.6 Å². The minimum Gasteiger partial charge on any atom is -0.481 e. The molecule has 0 radical (unpaired) electrons. The second kappa shape index (κ2) is 15.5. The average Bonchev–Trinajstić information content (AvgIpc) is 2.97. The lowest BCUT2D eigenvalue weighted by atomic mass is 9.87. The summed E-state index contributed by atoms with van der Waals surface area (Å²) in [7, 11) is 3.44. The van der Waals surface area contributed by atoms with Gasteiger partial charge in [-0.2, -0.15) is 13.2 Å². The number of nitrogens with one attached hydrogen (secondary N) is 1. The van der Waals surface area contributed by atoms with Crippen LogP contribution in [0.25, 0.3) is 11.1 Å². The number of carboxylic acids is 1. The van der Waals surface area contributed by atoms with E-state index in [0.717, 1.165) is 65.1 Å². The summed E-state index contributed by atoms with van der Waals surface area (Å²) in [5.74, 6) is -2.70. The van der Waals surface area contributed by atoms with Gasteiger partial charge >= 0.3 is 12.1 Å². The molecule has 260 valence electrons. The normalized spacial score (nSPS) is 18.0. The fourth-order valence-electron chi connectivity index (χ4n) is 6.76. The number of rotatable bonds is 6. The Labute approximate surface area is 279 Å². The molecule has 0 spiro atoms. The van der Waals surface area contributed by atoms with E-state index < -0.39 is 53.5 Å². The molecule has 0 saturated carbocycles. The zero-order valence-electron chi connectivity index (χ0n) is 28.3. The average molecular weight is 672 g/mol. The van der Waals surface area contributed by atoms with Crippen molar-refractivity contribution in [2.45, 2.75) is 96.8 Å². The van der Waals surface area contributed by atoms with Gasteiger partial charge in [0.15, 0.2) is 0 Å². The fourth-order valence-corrected chi connectivity index (χ4v) is 6.76. The lowest BCUT2D eigenvalue weighted by Gasteiger charge is -2.26. The summed E-state index contributed by atoms with van der Waals surface area (Å²) in [6.07, 6.45) is 0.467. The number of pyridine rings is 1. The first-order chi connectivity index (χ1) is 22.6. The van der Waals surface area contributed by atoms with E-state index in [-0.39, 0.29) is 36.1 Å². The van der Waals surface area contributed by atoms with Crippen molar-refractivity contribution < 1.29 is 32.3 Å². The van der Waals surface area contributed by atoms with Crippen molar-refractivity contribution in [3.63, 3.8) is 0 Å². The molecule has 1 aliphatic rings. The maximum Gasteiger partial charge on any atom is 0.416 e. The van der Waals surface area contributed by atoms with Crippen molar-refractivity contribution in [1.82, 2.24) is 14.8 Å². The maximum absolute atomic E-state index is 15.9. The number of likely N-dealkylation sites (N-methyl/N-ethyl adjacent to an activating group) is 1. The number of aliphatic carboxylic acids is 1. The van der Waals surface area contributed by atoms with Crippen LogP contribution in [0.3, 0.4) is 0 Å². The van der Waals surface area contributed by atoms with Gasteiger partial charge in [-0.15, -0.1) is 0 Å². The van der Waals surface area contributed by atoms with E-state index in [4.69, 9.17) is 0 Å². The maximum atomic E-state index is 15.9. The number of halogens is 4. The van der Waals surface area contributed by atoms with Gasteiger partial charge in [-0.05, 0) is 106 Å². The second-order valence-electron chi connectivity index (χ2n) is 13.3. The van der Waals surface area contributed by atoms with Crippen LogP contribution < -0.4 is 10.9 Å². The van der Waals surface area contributed by atoms with Gasteiger partial charge in [-0.25, -0.2) is 4.39 Å². The summed E-state index contributed by atoms with van der Waals surface area (Å²) in [4.78, 5) is 41.2. The van der Waals surface area contributed by atoms with Crippen LogP contribution in [-0.4, -0.2) is 47.1 Å². The topological polar surface area (TPSA) is 91.6 Å². The molecule has 2 aromatic carbocycles. The number of carbonyl (C=O) groups is 2. The van der Waals surface area contributed by atoms with Crippen molar-refractivity contribution >= 4 is 11.9 Å². The van der Waals surface area contributed by atoms with Gasteiger partial charge in [0, 0.05) is 24.4 Å². The third kappa shape index (κ3) is 8.92. The second-order valence-corrected chi connectivity index (χ2v) is 13.3. The predicted molar refractivity (Wildman–Crippen MR) is 178 cm³/mol. The Morgan fingerprint density at radius 1 is 0.979 bits per heavy atom. The molecule has 0 unspecified atom stereocenters. The predicted octanol–water partition coefficient (Wildman–Crippen LogP) is 7.47. The molecule has 2 bridgehead atoms. The number of carboxylic acid groups (broad SMARTS) is 1. The number of alkyl halides is 3. The number of hydrogen-bond donors (Lipinski definition) is 2. The smallest absolute Gasteiger partial charge is 0.416 e. The first-order valence-corrected chi connectivity index (χ1v) is 16.5. The highest BCUT2D eigenvalue weighted by atomic mass is 19.4. The van der Waals surface area contributed by atoms with E-state index in [0.29, 0.717) is 18.1 Å². The first kappa shape index (κ1) is 36.8. The summed E-state index contributed by atoms with van der Waals surface area (Å²) < 4.78 is 58.9. The van der Waals surface area contributed by atoms with E-state index in [1.807, 2.05) is 19.9 Å². The molecule has 2 heterocycles. The van der Waals surface area contributed by atoms with E-state index >= 15 is 4.39 Å². The van der Waals surface area contributed by atoms with Crippen LogP contribution >= 0.6 is 0 Å². The van der Waals surface area contributed by atoms with Gasteiger partial charge in [0.2, 0.25) is 5.91 Å². The summed E-state index contributed by atoms with van der Waals surface area (Å²) in [5, 5.41) is 12.5. The minimum atomic E-state index is -4.77. The van der Waals surface area contributed by atoms with Gasteiger partial charge < -0.3 is 19.9 Å². The van der Waals surface area contributed by atoms with Crippen LogP contribution in [0.15, 0.2) is 41.3 Å². The van der Waals surface area contributed by atoms with Crippen LogP contribution in [-0.2, 0) is 28.6 Å². The Kier molecular flexibility index (Phi) is 11.9. The Balaban J connectivity index is 1.87. The summed E-state index contributed by atoms with van der Waals surface area (Å²) in [6, 6.07) is 5.46. The molecule has 4 rings (SSSR count). The molecule has 7 nitrogen and oxygen atoms in total. The molecule has 2 N–H and O–H groups in total. The molecular formula is C37H45F4N3O4. The highest BCUT2D eigenvalue weighted by Gasteiger charge is 2.36. The summed E-state index contributed by atoms with van der Waals surface area (Å²) >= 11 is 0. The number of hydrogen-bond acceptors (Lipinski definition) is 4. The molecule has 48 heavy (non-hydrogen) atoms. The quantitative estimate of drug-likeness (QED) is 0.266. The van der Waals surface area contributed by atoms with E-state index in [9.17, 15) is 32.7 Å². The molecule has 0 fully saturated rings. The lowest BCUT2D eigenvalue weighted by molar-refractivity contribution is -0.139. The number of nitrogens with zero attached hydrogens (tertiary/aromatic N) is 2. The summed E-state index contributed by atoms with van der Waals surface area (Å²) in [5.41, 5.74) is 2.95. The molecular weight excluding hydrogens is 626 g/mol. The first-order valence-electron chi connectivity index (χ1n) is 16.5. The van der Waals surface area contributed by atoms with E-state index in [1.54, 1.807) is 38.1 Å². The molecule has 2 atom stereocenters. The third-order valence-corrected chi connectivity index (χ3v) is 9.06. The molecule has 1 aliphatic heterocycles. The standard InChI is InChI=1S/C37H45F4N3O4/c1-22-15-23(2)34-25(16-22)11-9-7-6-8-10-12-31(44-21-26(13-14-43(4)5)29(19-32(44)45)37(39,40)41)36(48)42-30(20-33(46)47)28-18-27(34)17-24(3)35(28)38/h15-19,21,30-31H,6-14,20H2,1-5H3,(H,42,48)(H,46,47)/t30-,31-/m0/s1. The van der Waals surface area contributed by atoms with Crippen LogP contribution in [0.5, 0.6) is 0 Å². The highest BCUT2D eigenvalue weighted by molar-refractivity contribution is 5.82. The Bertz CT molecular complexity index is 1710. The van der Waals surface area contributed by atoms with Gasteiger partial charge in [0.05, 0.1) is 18.0 Å². The molecule has 0 aliphatic carbocycles. The zero-order valence-corrected chi connectivity index (χ0v) is 28.3. The fraction of sp³-hybridized carbons (Fsp3) is 0.486. The summed E-state index contributed by atoms with van der Waals surface area (Å²) in [6.45, 7) is 5.87. The van der Waals surface area contributed by atoms with Gasteiger partial charge in [0.25, 0.3) is 5.56 Å². The van der Waals surface area contributed by atoms with Gasteiger partial charge in [0.1, 0.15) is 11.9 Å². The lowest BCUT2D eigenvalue weighted by Crippen LogP contribution is -2.40. The third-order valence-electron chi connectivity index (χ3n) is 9.06. The number of benzene rings is 2. The number of aromatic nitrogens is 1. The Morgan fingerprint density at radius 3 is 2.33 bits per heavy atom. The van der Waals surface area contributed by atoms with Crippen molar-refractivity contribution in [1.29, 1.82) is 0 Å². The number of amides is 1. The number of aryl methyl sites for hydroxylation is 4. The largest absolute Gasteiger partial charge is 0.481 e. The highest BCUT2D eigenvalue weighted by Crippen LogP contribution is 2.36. The molecule has 1 aromatic heterocycles. The molecule has 1 amide bonds. The minimum absolute atomic E-state index is 0.0102.